The molecule has 0 spiro atoms. The first kappa shape index (κ1) is 15.3. The highest BCUT2D eigenvalue weighted by Gasteiger charge is 2.43. The third kappa shape index (κ3) is 2.82. The van der Waals surface area contributed by atoms with Gasteiger partial charge in [-0.05, 0) is 52.1 Å². The molecule has 2 aliphatic rings. The van der Waals surface area contributed by atoms with Crippen molar-refractivity contribution >= 4 is 11.9 Å². The van der Waals surface area contributed by atoms with Gasteiger partial charge in [-0.15, -0.1) is 0 Å². The highest BCUT2D eigenvalue weighted by atomic mass is 16.4. The molecule has 2 aliphatic carbocycles. The molecule has 2 rings (SSSR count). The maximum Gasteiger partial charge on any atom is 0.307 e. The predicted molar refractivity (Wildman–Crippen MR) is 76.3 cm³/mol. The molecule has 1 amide bonds. The Morgan fingerprint density at radius 1 is 1.25 bits per heavy atom. The zero-order chi connectivity index (χ0) is 14.9. The Morgan fingerprint density at radius 3 is 2.30 bits per heavy atom. The number of carbonyl (C=O) groups is 2. The molecule has 20 heavy (non-hydrogen) atoms. The van der Waals surface area contributed by atoms with Crippen molar-refractivity contribution in [1.82, 2.24) is 10.2 Å². The number of aliphatic carboxylic acids is 1. The monoisotopic (exact) mass is 282 g/mol. The molecule has 2 fully saturated rings. The summed E-state index contributed by atoms with van der Waals surface area (Å²) in [4.78, 5) is 25.8. The molecule has 2 saturated carbocycles. The first-order chi connectivity index (χ1) is 9.35. The van der Waals surface area contributed by atoms with Crippen LogP contribution in [0.4, 0.5) is 0 Å². The minimum Gasteiger partial charge on any atom is -0.481 e. The summed E-state index contributed by atoms with van der Waals surface area (Å²) < 4.78 is 0. The van der Waals surface area contributed by atoms with E-state index >= 15 is 0 Å². The van der Waals surface area contributed by atoms with Crippen LogP contribution in [0.25, 0.3) is 0 Å². The van der Waals surface area contributed by atoms with E-state index in [1.54, 1.807) is 0 Å². The fourth-order valence-electron chi connectivity index (χ4n) is 3.60. The van der Waals surface area contributed by atoms with Gasteiger partial charge in [0.25, 0.3) is 0 Å². The second kappa shape index (κ2) is 5.72. The number of rotatable bonds is 5. The van der Waals surface area contributed by atoms with Gasteiger partial charge >= 0.3 is 5.97 Å². The number of carbonyl (C=O) groups excluding carboxylic acids is 1. The van der Waals surface area contributed by atoms with Gasteiger partial charge in [-0.2, -0.15) is 0 Å². The number of amides is 1. The molecule has 0 aromatic carbocycles. The van der Waals surface area contributed by atoms with Crippen LogP contribution in [0.3, 0.4) is 0 Å². The van der Waals surface area contributed by atoms with Crippen LogP contribution in [0.5, 0.6) is 0 Å². The third-order valence-electron chi connectivity index (χ3n) is 5.28. The van der Waals surface area contributed by atoms with Crippen molar-refractivity contribution in [2.45, 2.75) is 44.6 Å². The average Bonchev–Trinajstić information content (AvgIpc) is 2.69. The molecule has 3 atom stereocenters. The summed E-state index contributed by atoms with van der Waals surface area (Å²) in [5, 5.41) is 12.2. The van der Waals surface area contributed by atoms with Gasteiger partial charge in [0.1, 0.15) is 0 Å². The van der Waals surface area contributed by atoms with E-state index < -0.39 is 11.9 Å². The van der Waals surface area contributed by atoms with Gasteiger partial charge in [0, 0.05) is 12.1 Å². The molecule has 5 nitrogen and oxygen atoms in total. The summed E-state index contributed by atoms with van der Waals surface area (Å²) >= 11 is 0. The molecule has 0 bridgehead atoms. The number of nitrogens with zero attached hydrogens (tertiary/aromatic N) is 1. The molecule has 114 valence electrons. The Kier molecular flexibility index (Phi) is 4.37. The summed E-state index contributed by atoms with van der Waals surface area (Å²) in [7, 11) is 4.09. The standard InChI is InChI=1S/C15H26N2O3/c1-10-7-11(12(8-10)14(19)20)13(18)16-9-15(17(2)3)5-4-6-15/h10-12H,4-9H2,1-3H3,(H,16,18)(H,19,20). The Hall–Kier alpha value is -1.10. The Labute approximate surface area is 120 Å². The van der Waals surface area contributed by atoms with Gasteiger partial charge in [-0.1, -0.05) is 6.92 Å². The lowest BCUT2D eigenvalue weighted by Crippen LogP contribution is -2.57. The van der Waals surface area contributed by atoms with Gasteiger partial charge in [0.15, 0.2) is 0 Å². The van der Waals surface area contributed by atoms with Crippen molar-refractivity contribution in [2.24, 2.45) is 17.8 Å². The minimum atomic E-state index is -0.833. The van der Waals surface area contributed by atoms with Crippen LogP contribution < -0.4 is 5.32 Å². The maximum atomic E-state index is 12.3. The van der Waals surface area contributed by atoms with Crippen LogP contribution in [-0.2, 0) is 9.59 Å². The molecule has 0 heterocycles. The van der Waals surface area contributed by atoms with Gasteiger partial charge < -0.3 is 15.3 Å². The fourth-order valence-corrected chi connectivity index (χ4v) is 3.60. The maximum absolute atomic E-state index is 12.3. The van der Waals surface area contributed by atoms with E-state index in [-0.39, 0.29) is 17.4 Å². The highest BCUT2D eigenvalue weighted by molar-refractivity contribution is 5.85. The summed E-state index contributed by atoms with van der Waals surface area (Å²) in [6, 6.07) is 0. The van der Waals surface area contributed by atoms with E-state index in [0.717, 1.165) is 12.8 Å². The van der Waals surface area contributed by atoms with E-state index in [2.05, 4.69) is 10.2 Å². The van der Waals surface area contributed by atoms with E-state index in [4.69, 9.17) is 0 Å². The molecular formula is C15H26N2O3. The van der Waals surface area contributed by atoms with Crippen LogP contribution in [0, 0.1) is 17.8 Å². The molecule has 0 radical (unpaired) electrons. The van der Waals surface area contributed by atoms with Crippen molar-refractivity contribution in [3.63, 3.8) is 0 Å². The topological polar surface area (TPSA) is 69.6 Å². The molecule has 0 aromatic rings. The molecule has 0 aliphatic heterocycles. The summed E-state index contributed by atoms with van der Waals surface area (Å²) in [5.74, 6) is -1.46. The smallest absolute Gasteiger partial charge is 0.307 e. The number of carboxylic acids is 1. The summed E-state index contributed by atoms with van der Waals surface area (Å²) in [6.07, 6.45) is 4.71. The van der Waals surface area contributed by atoms with Crippen molar-refractivity contribution in [2.75, 3.05) is 20.6 Å². The minimum absolute atomic E-state index is 0.0742. The predicted octanol–water partition coefficient (Wildman–Crippen LogP) is 1.33. The van der Waals surface area contributed by atoms with Crippen LogP contribution in [-0.4, -0.2) is 48.1 Å². The number of likely N-dealkylation sites (N-methyl/N-ethyl adjacent to an activating group) is 1. The van der Waals surface area contributed by atoms with Crippen LogP contribution >= 0.6 is 0 Å². The Balaban J connectivity index is 1.93. The van der Waals surface area contributed by atoms with Crippen molar-refractivity contribution < 1.29 is 14.7 Å². The van der Waals surface area contributed by atoms with E-state index in [1.165, 1.54) is 6.42 Å². The first-order valence-corrected chi connectivity index (χ1v) is 7.54. The Morgan fingerprint density at radius 2 is 1.85 bits per heavy atom. The third-order valence-corrected chi connectivity index (χ3v) is 5.28. The molecule has 0 saturated heterocycles. The molecular weight excluding hydrogens is 256 g/mol. The molecule has 5 heteroatoms. The normalized spacial score (nSPS) is 31.9. The first-order valence-electron chi connectivity index (χ1n) is 7.54. The largest absolute Gasteiger partial charge is 0.481 e. The van der Waals surface area contributed by atoms with Crippen molar-refractivity contribution in [3.05, 3.63) is 0 Å². The number of nitrogens with one attached hydrogen (secondary N) is 1. The second-order valence-corrected chi connectivity index (χ2v) is 6.82. The number of carboxylic acid groups (broad SMARTS) is 1. The second-order valence-electron chi connectivity index (χ2n) is 6.82. The lowest BCUT2D eigenvalue weighted by molar-refractivity contribution is -0.146. The van der Waals surface area contributed by atoms with Crippen LogP contribution in [0.15, 0.2) is 0 Å². The quantitative estimate of drug-likeness (QED) is 0.798. The van der Waals surface area contributed by atoms with Gasteiger partial charge in [0.2, 0.25) is 5.91 Å². The lowest BCUT2D eigenvalue weighted by Gasteiger charge is -2.47. The zero-order valence-electron chi connectivity index (χ0n) is 12.7. The summed E-state index contributed by atoms with van der Waals surface area (Å²) in [6.45, 7) is 2.66. The van der Waals surface area contributed by atoms with Crippen LogP contribution in [0.2, 0.25) is 0 Å². The summed E-state index contributed by atoms with van der Waals surface area (Å²) in [5.41, 5.74) is 0.0819. The molecule has 2 N–H and O–H groups in total. The lowest BCUT2D eigenvalue weighted by atomic mass is 9.75. The van der Waals surface area contributed by atoms with E-state index in [1.807, 2.05) is 21.0 Å². The van der Waals surface area contributed by atoms with Crippen molar-refractivity contribution in [3.8, 4) is 0 Å². The zero-order valence-corrected chi connectivity index (χ0v) is 12.7. The highest BCUT2D eigenvalue weighted by Crippen LogP contribution is 2.38. The van der Waals surface area contributed by atoms with E-state index in [0.29, 0.717) is 25.3 Å². The van der Waals surface area contributed by atoms with Gasteiger partial charge in [-0.25, -0.2) is 0 Å². The van der Waals surface area contributed by atoms with Gasteiger partial charge in [0.05, 0.1) is 11.8 Å². The van der Waals surface area contributed by atoms with E-state index in [9.17, 15) is 14.7 Å². The van der Waals surface area contributed by atoms with Crippen molar-refractivity contribution in [1.29, 1.82) is 0 Å². The number of hydrogen-bond acceptors (Lipinski definition) is 3. The Bertz CT molecular complexity index is 391. The average molecular weight is 282 g/mol. The van der Waals surface area contributed by atoms with Gasteiger partial charge in [-0.3, -0.25) is 9.59 Å². The fraction of sp³-hybridized carbons (Fsp3) is 0.867. The van der Waals surface area contributed by atoms with Crippen LogP contribution in [0.1, 0.15) is 39.0 Å². The number of hydrogen-bond donors (Lipinski definition) is 2. The molecule has 3 unspecified atom stereocenters. The molecule has 0 aromatic heterocycles. The SMILES string of the molecule is CC1CC(C(=O)O)C(C(=O)NCC2(N(C)C)CCC2)C1.